The van der Waals surface area contributed by atoms with Crippen molar-refractivity contribution in [1.82, 2.24) is 0 Å². The Labute approximate surface area is 104 Å². The van der Waals surface area contributed by atoms with Crippen LogP contribution in [0.2, 0.25) is 18.1 Å². The Bertz CT molecular complexity index is 283. The van der Waals surface area contributed by atoms with Gasteiger partial charge in [-0.15, -0.1) is 0 Å². The van der Waals surface area contributed by atoms with E-state index in [-0.39, 0.29) is 17.7 Å². The summed E-state index contributed by atoms with van der Waals surface area (Å²) in [4.78, 5) is 0. The van der Waals surface area contributed by atoms with Crippen LogP contribution in [0, 0.1) is 0 Å². The van der Waals surface area contributed by atoms with Gasteiger partial charge in [-0.25, -0.2) is 0 Å². The summed E-state index contributed by atoms with van der Waals surface area (Å²) in [6.45, 7) is 10.5. The number of hydrogen-bond acceptors (Lipinski definition) is 4. The zero-order chi connectivity index (χ0) is 13.3. The fraction of sp³-hybridized carbons (Fsp3) is 0.833. The molecule has 0 fully saturated rings. The van der Waals surface area contributed by atoms with Crippen LogP contribution < -0.4 is 0 Å². The minimum Gasteiger partial charge on any atom is -0.493 e. The van der Waals surface area contributed by atoms with Crippen LogP contribution in [0.25, 0.3) is 0 Å². The smallest absolute Gasteiger partial charge is 0.193 e. The molecular weight excluding hydrogens is 236 g/mol. The largest absolute Gasteiger partial charge is 0.493 e. The van der Waals surface area contributed by atoms with Gasteiger partial charge in [0.1, 0.15) is 12.2 Å². The maximum atomic E-state index is 10.0. The first-order valence-electron chi connectivity index (χ1n) is 5.98. The third kappa shape index (κ3) is 3.31. The van der Waals surface area contributed by atoms with E-state index in [9.17, 15) is 5.11 Å². The van der Waals surface area contributed by atoms with Crippen LogP contribution in [0.5, 0.6) is 0 Å². The zero-order valence-corrected chi connectivity index (χ0v) is 12.3. The van der Waals surface area contributed by atoms with Crippen LogP contribution in [0.4, 0.5) is 0 Å². The fourth-order valence-electron chi connectivity index (χ4n) is 1.41. The maximum absolute atomic E-state index is 10.0. The molecule has 0 aromatic carbocycles. The maximum Gasteiger partial charge on any atom is 0.193 e. The molecule has 1 unspecified atom stereocenters. The van der Waals surface area contributed by atoms with E-state index in [0.29, 0.717) is 0 Å². The van der Waals surface area contributed by atoms with E-state index >= 15 is 0 Å². The van der Waals surface area contributed by atoms with Crippen molar-refractivity contribution in [3.05, 3.63) is 12.3 Å². The molecule has 5 heteroatoms. The van der Waals surface area contributed by atoms with Gasteiger partial charge < -0.3 is 19.4 Å². The minimum atomic E-state index is -1.92. The molecule has 3 atom stereocenters. The molecular formula is C12H24O4Si. The number of aliphatic hydroxyl groups excluding tert-OH is 2. The highest BCUT2D eigenvalue weighted by atomic mass is 28.4. The number of rotatable bonds is 3. The van der Waals surface area contributed by atoms with Crippen LogP contribution in [-0.2, 0) is 9.16 Å². The molecule has 100 valence electrons. The summed E-state index contributed by atoms with van der Waals surface area (Å²) in [5, 5.41) is 19.2. The minimum absolute atomic E-state index is 0.0908. The van der Waals surface area contributed by atoms with Gasteiger partial charge in [-0.3, -0.25) is 0 Å². The lowest BCUT2D eigenvalue weighted by atomic mass is 10.1. The predicted octanol–water partition coefficient (Wildman–Crippen LogP) is 1.64. The van der Waals surface area contributed by atoms with Gasteiger partial charge in [0, 0.05) is 0 Å². The summed E-state index contributed by atoms with van der Waals surface area (Å²) < 4.78 is 11.2. The van der Waals surface area contributed by atoms with Gasteiger partial charge in [0.05, 0.1) is 19.0 Å². The standard InChI is InChI=1S/C12H24O4Si/c1-12(2,3)17(4,5)16-9-6-7-15-10(8-13)11(9)14/h6-7,9-11,13-14H,8H2,1-5H3/t9-,10?,11+/m0/s1. The molecule has 1 rings (SSSR count). The Hall–Kier alpha value is -0.363. The molecule has 0 saturated heterocycles. The van der Waals surface area contributed by atoms with Crippen LogP contribution in [0.1, 0.15) is 20.8 Å². The van der Waals surface area contributed by atoms with Gasteiger partial charge in [-0.05, 0) is 24.2 Å². The molecule has 1 heterocycles. The average Bonchev–Trinajstić information content (AvgIpc) is 2.19. The molecule has 0 bridgehead atoms. The van der Waals surface area contributed by atoms with Crippen LogP contribution in [0.15, 0.2) is 12.3 Å². The highest BCUT2D eigenvalue weighted by Crippen LogP contribution is 2.38. The Morgan fingerprint density at radius 3 is 2.41 bits per heavy atom. The molecule has 0 aliphatic carbocycles. The normalized spacial score (nSPS) is 30.2. The summed E-state index contributed by atoms with van der Waals surface area (Å²) in [5.41, 5.74) is 0. The molecule has 17 heavy (non-hydrogen) atoms. The Balaban J connectivity index is 2.75. The van der Waals surface area contributed by atoms with E-state index in [4.69, 9.17) is 14.3 Å². The Morgan fingerprint density at radius 2 is 1.94 bits per heavy atom. The molecule has 0 amide bonds. The third-order valence-corrected chi connectivity index (χ3v) is 8.13. The second-order valence-electron chi connectivity index (χ2n) is 6.02. The molecule has 1 aliphatic rings. The molecule has 0 radical (unpaired) electrons. The monoisotopic (exact) mass is 260 g/mol. The number of aliphatic hydroxyl groups is 2. The van der Waals surface area contributed by atoms with Crippen molar-refractivity contribution in [2.75, 3.05) is 6.61 Å². The van der Waals surface area contributed by atoms with Crippen LogP contribution in [-0.4, -0.2) is 43.4 Å². The second-order valence-corrected chi connectivity index (χ2v) is 10.8. The van der Waals surface area contributed by atoms with E-state index in [1.54, 1.807) is 6.08 Å². The number of ether oxygens (including phenoxy) is 1. The lowest BCUT2D eigenvalue weighted by Gasteiger charge is -2.41. The molecule has 0 aromatic rings. The molecule has 0 aromatic heterocycles. The Morgan fingerprint density at radius 1 is 1.35 bits per heavy atom. The molecule has 4 nitrogen and oxygen atoms in total. The van der Waals surface area contributed by atoms with E-state index in [1.807, 2.05) is 0 Å². The first-order valence-corrected chi connectivity index (χ1v) is 8.89. The third-order valence-electron chi connectivity index (χ3n) is 3.66. The van der Waals surface area contributed by atoms with Crippen molar-refractivity contribution < 1.29 is 19.4 Å². The van der Waals surface area contributed by atoms with E-state index in [2.05, 4.69) is 33.9 Å². The van der Waals surface area contributed by atoms with Crippen molar-refractivity contribution >= 4 is 8.32 Å². The van der Waals surface area contributed by atoms with Gasteiger partial charge in [0.15, 0.2) is 8.32 Å². The molecule has 1 aliphatic heterocycles. The van der Waals surface area contributed by atoms with Gasteiger partial charge in [-0.2, -0.15) is 0 Å². The van der Waals surface area contributed by atoms with Gasteiger partial charge in [0.25, 0.3) is 0 Å². The lowest BCUT2D eigenvalue weighted by Crippen LogP contribution is -2.51. The molecule has 0 spiro atoms. The summed E-state index contributed by atoms with van der Waals surface area (Å²) in [5.74, 6) is 0. The van der Waals surface area contributed by atoms with Crippen molar-refractivity contribution in [1.29, 1.82) is 0 Å². The first kappa shape index (κ1) is 14.7. The number of hydrogen-bond donors (Lipinski definition) is 2. The summed E-state index contributed by atoms with van der Waals surface area (Å²) in [6.07, 6.45) is 1.44. The molecule has 2 N–H and O–H groups in total. The van der Waals surface area contributed by atoms with E-state index in [0.717, 1.165) is 0 Å². The van der Waals surface area contributed by atoms with Crippen LogP contribution in [0.3, 0.4) is 0 Å². The summed E-state index contributed by atoms with van der Waals surface area (Å²) >= 11 is 0. The van der Waals surface area contributed by atoms with Gasteiger partial charge in [-0.1, -0.05) is 20.8 Å². The highest BCUT2D eigenvalue weighted by molar-refractivity contribution is 6.74. The quantitative estimate of drug-likeness (QED) is 0.757. The SMILES string of the molecule is CC(C)(C)[Si](C)(C)O[C@H]1C=COC(CO)[C@@H]1O. The summed E-state index contributed by atoms with van der Waals surface area (Å²) in [6, 6.07) is 0. The van der Waals surface area contributed by atoms with Crippen LogP contribution >= 0.6 is 0 Å². The van der Waals surface area contributed by atoms with Crippen molar-refractivity contribution in [3.63, 3.8) is 0 Å². The fourth-order valence-corrected chi connectivity index (χ4v) is 2.66. The first-order chi connectivity index (χ1) is 7.69. The van der Waals surface area contributed by atoms with Crippen molar-refractivity contribution in [2.45, 2.75) is 57.2 Å². The highest BCUT2D eigenvalue weighted by Gasteiger charge is 2.42. The van der Waals surface area contributed by atoms with E-state index in [1.165, 1.54) is 6.26 Å². The Kier molecular flexibility index (Phi) is 4.41. The zero-order valence-electron chi connectivity index (χ0n) is 11.3. The summed E-state index contributed by atoms with van der Waals surface area (Å²) in [7, 11) is -1.92. The van der Waals surface area contributed by atoms with Crippen molar-refractivity contribution in [2.24, 2.45) is 0 Å². The van der Waals surface area contributed by atoms with E-state index < -0.39 is 20.5 Å². The van der Waals surface area contributed by atoms with Crippen molar-refractivity contribution in [3.8, 4) is 0 Å². The second kappa shape index (κ2) is 5.10. The van der Waals surface area contributed by atoms with Gasteiger partial charge in [0.2, 0.25) is 0 Å². The average molecular weight is 260 g/mol. The molecule has 0 saturated carbocycles. The lowest BCUT2D eigenvalue weighted by molar-refractivity contribution is -0.0770. The topological polar surface area (TPSA) is 58.9 Å². The van der Waals surface area contributed by atoms with Gasteiger partial charge >= 0.3 is 0 Å². The predicted molar refractivity (Wildman–Crippen MR) is 69.2 cm³/mol.